The summed E-state index contributed by atoms with van der Waals surface area (Å²) in [6, 6.07) is 3.77. The number of aromatic nitrogens is 4. The van der Waals surface area contributed by atoms with Gasteiger partial charge in [-0.3, -0.25) is 4.68 Å². The molecule has 2 aromatic heterocycles. The van der Waals surface area contributed by atoms with Crippen molar-refractivity contribution >= 4 is 17.7 Å². The minimum atomic E-state index is -0.394. The van der Waals surface area contributed by atoms with Gasteiger partial charge < -0.3 is 15.4 Å². The van der Waals surface area contributed by atoms with Crippen molar-refractivity contribution in [3.63, 3.8) is 0 Å². The largest absolute Gasteiger partial charge is 0.461 e. The topological polar surface area (TPSA) is 99.2 Å². The molecule has 1 unspecified atom stereocenters. The fourth-order valence-corrected chi connectivity index (χ4v) is 2.56. The average molecular weight is 302 g/mol. The number of ether oxygens (including phenoxy) is 1. The lowest BCUT2D eigenvalue weighted by molar-refractivity contribution is 0.0518. The van der Waals surface area contributed by atoms with Crippen molar-refractivity contribution in [3.05, 3.63) is 29.7 Å². The molecule has 0 saturated carbocycles. The molecule has 1 aliphatic rings. The molecule has 0 saturated heterocycles. The van der Waals surface area contributed by atoms with Crippen LogP contribution in [0.5, 0.6) is 0 Å². The number of rotatable bonds is 3. The molecule has 0 spiro atoms. The molecule has 0 aromatic carbocycles. The van der Waals surface area contributed by atoms with Gasteiger partial charge in [0, 0.05) is 12.2 Å². The minimum absolute atomic E-state index is 0.178. The van der Waals surface area contributed by atoms with Gasteiger partial charge in [0.05, 0.1) is 25.4 Å². The summed E-state index contributed by atoms with van der Waals surface area (Å²) in [7, 11) is 0. The van der Waals surface area contributed by atoms with E-state index in [9.17, 15) is 4.79 Å². The summed E-state index contributed by atoms with van der Waals surface area (Å²) >= 11 is 0. The Labute approximate surface area is 127 Å². The second-order valence-electron chi connectivity index (χ2n) is 5.17. The maximum atomic E-state index is 11.8. The van der Waals surface area contributed by atoms with Gasteiger partial charge in [-0.25, -0.2) is 9.78 Å². The van der Waals surface area contributed by atoms with Gasteiger partial charge in [0.25, 0.3) is 0 Å². The summed E-state index contributed by atoms with van der Waals surface area (Å²) in [5.41, 5.74) is 6.94. The molecule has 0 radical (unpaired) electrons. The van der Waals surface area contributed by atoms with Crippen LogP contribution in [0.4, 0.5) is 11.8 Å². The third kappa shape index (κ3) is 2.59. The minimum Gasteiger partial charge on any atom is -0.461 e. The fourth-order valence-electron chi connectivity index (χ4n) is 2.56. The standard InChI is InChI=1S/C14H18N6O2/c1-3-22-13(21)11-6-10-8-19(9(2)7-20(10)18-11)12-4-5-16-14(15)17-12/h4-6,9H,3,7-8H2,1-2H3,(H2,15,16,17). The van der Waals surface area contributed by atoms with E-state index in [2.05, 4.69) is 26.9 Å². The van der Waals surface area contributed by atoms with Crippen molar-refractivity contribution in [2.75, 3.05) is 17.2 Å². The summed E-state index contributed by atoms with van der Waals surface area (Å²) in [4.78, 5) is 22.1. The van der Waals surface area contributed by atoms with Crippen LogP contribution in [0, 0.1) is 0 Å². The lowest BCUT2D eigenvalue weighted by Gasteiger charge is -2.34. The molecular formula is C14H18N6O2. The molecule has 2 N–H and O–H groups in total. The smallest absolute Gasteiger partial charge is 0.358 e. The molecule has 116 valence electrons. The van der Waals surface area contributed by atoms with E-state index in [1.165, 1.54) is 0 Å². The van der Waals surface area contributed by atoms with Gasteiger partial charge in [-0.2, -0.15) is 10.1 Å². The number of esters is 1. The molecule has 3 heterocycles. The quantitative estimate of drug-likeness (QED) is 0.839. The molecule has 1 atom stereocenters. The van der Waals surface area contributed by atoms with Crippen LogP contribution in [0.3, 0.4) is 0 Å². The van der Waals surface area contributed by atoms with Crippen molar-refractivity contribution in [2.24, 2.45) is 0 Å². The molecule has 8 heteroatoms. The zero-order valence-corrected chi connectivity index (χ0v) is 12.6. The summed E-state index contributed by atoms with van der Waals surface area (Å²) in [5, 5.41) is 4.32. The monoisotopic (exact) mass is 302 g/mol. The summed E-state index contributed by atoms with van der Waals surface area (Å²) in [6.07, 6.45) is 1.64. The van der Waals surface area contributed by atoms with E-state index in [0.717, 1.165) is 11.5 Å². The van der Waals surface area contributed by atoms with E-state index in [1.807, 2.05) is 10.7 Å². The van der Waals surface area contributed by atoms with E-state index in [-0.39, 0.29) is 12.0 Å². The SMILES string of the molecule is CCOC(=O)c1cc2n(n1)CC(C)N(c1ccnc(N)n1)C2. The molecule has 0 bridgehead atoms. The van der Waals surface area contributed by atoms with Gasteiger partial charge in [0.2, 0.25) is 5.95 Å². The van der Waals surface area contributed by atoms with Gasteiger partial charge in [0.1, 0.15) is 5.82 Å². The highest BCUT2D eigenvalue weighted by molar-refractivity contribution is 5.87. The van der Waals surface area contributed by atoms with Gasteiger partial charge in [-0.05, 0) is 26.0 Å². The van der Waals surface area contributed by atoms with Crippen LogP contribution in [-0.4, -0.2) is 38.4 Å². The molecule has 1 aliphatic heterocycles. The number of fused-ring (bicyclic) bond motifs is 1. The number of hydrogen-bond donors (Lipinski definition) is 1. The number of nitrogens with zero attached hydrogens (tertiary/aromatic N) is 5. The van der Waals surface area contributed by atoms with Crippen molar-refractivity contribution < 1.29 is 9.53 Å². The van der Waals surface area contributed by atoms with Gasteiger partial charge in [-0.15, -0.1) is 0 Å². The molecule has 2 aromatic rings. The first-order valence-corrected chi connectivity index (χ1v) is 7.17. The predicted octanol–water partition coefficient (Wildman–Crippen LogP) is 0.841. The highest BCUT2D eigenvalue weighted by Crippen LogP contribution is 2.24. The van der Waals surface area contributed by atoms with Crippen molar-refractivity contribution in [1.29, 1.82) is 0 Å². The first-order valence-electron chi connectivity index (χ1n) is 7.17. The van der Waals surface area contributed by atoms with E-state index >= 15 is 0 Å². The van der Waals surface area contributed by atoms with Crippen LogP contribution < -0.4 is 10.6 Å². The van der Waals surface area contributed by atoms with Crippen LogP contribution in [0.25, 0.3) is 0 Å². The van der Waals surface area contributed by atoms with E-state index in [0.29, 0.717) is 25.4 Å². The Morgan fingerprint density at radius 3 is 3.09 bits per heavy atom. The molecule has 0 aliphatic carbocycles. The molecule has 0 fully saturated rings. The van der Waals surface area contributed by atoms with Crippen LogP contribution in [0.2, 0.25) is 0 Å². The zero-order chi connectivity index (χ0) is 15.7. The molecule has 3 rings (SSSR count). The van der Waals surface area contributed by atoms with Crippen LogP contribution >= 0.6 is 0 Å². The normalized spacial score (nSPS) is 17.2. The summed E-state index contributed by atoms with van der Waals surface area (Å²) in [5.74, 6) is 0.621. The van der Waals surface area contributed by atoms with Gasteiger partial charge in [0.15, 0.2) is 5.69 Å². The number of nitrogen functional groups attached to an aromatic ring is 1. The highest BCUT2D eigenvalue weighted by Gasteiger charge is 2.27. The van der Waals surface area contributed by atoms with Crippen LogP contribution in [-0.2, 0) is 17.8 Å². The Bertz CT molecular complexity index is 698. The summed E-state index contributed by atoms with van der Waals surface area (Å²) in [6.45, 7) is 5.45. The van der Waals surface area contributed by atoms with Gasteiger partial charge in [-0.1, -0.05) is 0 Å². The molecule has 0 amide bonds. The van der Waals surface area contributed by atoms with E-state index < -0.39 is 5.97 Å². The van der Waals surface area contributed by atoms with Crippen LogP contribution in [0.1, 0.15) is 30.0 Å². The van der Waals surface area contributed by atoms with Crippen molar-refractivity contribution in [3.8, 4) is 0 Å². The predicted molar refractivity (Wildman–Crippen MR) is 80.3 cm³/mol. The number of nitrogens with two attached hydrogens (primary N) is 1. The van der Waals surface area contributed by atoms with E-state index in [1.54, 1.807) is 19.2 Å². The Balaban J connectivity index is 1.87. The first kappa shape index (κ1) is 14.3. The maximum Gasteiger partial charge on any atom is 0.358 e. The van der Waals surface area contributed by atoms with Crippen LogP contribution in [0.15, 0.2) is 18.3 Å². The zero-order valence-electron chi connectivity index (χ0n) is 12.6. The molecule has 8 nitrogen and oxygen atoms in total. The first-order chi connectivity index (χ1) is 10.6. The average Bonchev–Trinajstić information content (AvgIpc) is 2.89. The fraction of sp³-hybridized carbons (Fsp3) is 0.429. The third-order valence-electron chi connectivity index (χ3n) is 3.60. The second kappa shape index (κ2) is 5.63. The Morgan fingerprint density at radius 1 is 1.55 bits per heavy atom. The third-order valence-corrected chi connectivity index (χ3v) is 3.60. The highest BCUT2D eigenvalue weighted by atomic mass is 16.5. The Morgan fingerprint density at radius 2 is 2.36 bits per heavy atom. The number of anilines is 2. The maximum absolute atomic E-state index is 11.8. The lowest BCUT2D eigenvalue weighted by Crippen LogP contribution is -2.41. The Hall–Kier alpha value is -2.64. The number of hydrogen-bond acceptors (Lipinski definition) is 7. The summed E-state index contributed by atoms with van der Waals surface area (Å²) < 4.78 is 6.84. The number of carbonyl (C=O) groups excluding carboxylic acids is 1. The lowest BCUT2D eigenvalue weighted by atomic mass is 10.2. The Kier molecular flexibility index (Phi) is 3.66. The van der Waals surface area contributed by atoms with Crippen molar-refractivity contribution in [2.45, 2.75) is 33.0 Å². The number of carbonyl (C=O) groups is 1. The van der Waals surface area contributed by atoms with Gasteiger partial charge >= 0.3 is 5.97 Å². The van der Waals surface area contributed by atoms with E-state index in [4.69, 9.17) is 10.5 Å². The molecular weight excluding hydrogens is 284 g/mol. The molecule has 22 heavy (non-hydrogen) atoms. The van der Waals surface area contributed by atoms with Crippen molar-refractivity contribution in [1.82, 2.24) is 19.7 Å². The second-order valence-corrected chi connectivity index (χ2v) is 5.17.